The first-order valence-electron chi connectivity index (χ1n) is 2.21. The number of hydrogen-bond donors (Lipinski definition) is 2. The molecule has 0 amide bonds. The number of rotatable bonds is 1. The Labute approximate surface area is 79.1 Å². The number of carbonyl (C=O) groups is 2. The molecule has 0 bridgehead atoms. The molecule has 0 heterocycles. The van der Waals surface area contributed by atoms with Gasteiger partial charge in [-0.15, -0.1) is 0 Å². The van der Waals surface area contributed by atoms with Gasteiger partial charge in [0.25, 0.3) is 5.97 Å². The average Bonchev–Trinajstić information content (AvgIpc) is 1.65. The summed E-state index contributed by atoms with van der Waals surface area (Å²) in [6, 6.07) is 0. The van der Waals surface area contributed by atoms with Crippen LogP contribution in [0.4, 0.5) is 0 Å². The third-order valence-electron chi connectivity index (χ3n) is 0.214. The first-order chi connectivity index (χ1) is 4.00. The van der Waals surface area contributed by atoms with Crippen molar-refractivity contribution in [2.75, 3.05) is 0 Å². The fraction of sp³-hybridized carbons (Fsp3) is 0.500. The Morgan fingerprint density at radius 1 is 1.40 bits per heavy atom. The van der Waals surface area contributed by atoms with Gasteiger partial charge in [0.15, 0.2) is 0 Å². The molecule has 2 N–H and O–H groups in total. The molecule has 0 rings (SSSR count). The average molecular weight is 248 g/mol. The Morgan fingerprint density at radius 3 is 1.50 bits per heavy atom. The van der Waals surface area contributed by atoms with Crippen molar-refractivity contribution in [3.05, 3.63) is 0 Å². The predicted octanol–water partition coefficient (Wildman–Crippen LogP) is 0.124. The van der Waals surface area contributed by atoms with Gasteiger partial charge in [-0.25, -0.2) is 0 Å². The van der Waals surface area contributed by atoms with Crippen molar-refractivity contribution < 1.29 is 55.2 Å². The van der Waals surface area contributed by atoms with Gasteiger partial charge in [0, 0.05) is 24.0 Å². The van der Waals surface area contributed by atoms with Crippen LogP contribution in [0.1, 0.15) is 6.92 Å². The maximum absolute atomic E-state index is 9.40. The van der Waals surface area contributed by atoms with Crippen molar-refractivity contribution in [3.63, 3.8) is 0 Å². The number of aliphatic carboxylic acids is 2. The SMILES string of the molecule is CC(=O)O.O=C(O)[CH2][Zn].[Cu]. The molecule has 10 heavy (non-hydrogen) atoms. The molecule has 6 heteroatoms. The fourth-order valence-electron chi connectivity index (χ4n) is 0. The summed E-state index contributed by atoms with van der Waals surface area (Å²) in [4.78, 5) is 18.4. The van der Waals surface area contributed by atoms with Gasteiger partial charge in [-0.3, -0.25) is 4.79 Å². The molecule has 0 aromatic heterocycles. The summed E-state index contributed by atoms with van der Waals surface area (Å²) < 4.78 is 0. The maximum Gasteiger partial charge on any atom is 0 e. The molecule has 1 radical (unpaired) electrons. The smallest absolute Gasteiger partial charge is 0 e. The van der Waals surface area contributed by atoms with E-state index in [9.17, 15) is 4.79 Å². The molecule has 0 aliphatic heterocycles. The minimum absolute atomic E-state index is 0. The van der Waals surface area contributed by atoms with E-state index in [4.69, 9.17) is 15.0 Å². The van der Waals surface area contributed by atoms with Gasteiger partial charge in [-0.2, -0.15) is 0 Å². The molecule has 0 aromatic carbocycles. The minimum Gasteiger partial charge on any atom is 0 e. The molecule has 0 fully saturated rings. The van der Waals surface area contributed by atoms with Gasteiger partial charge in [-0.05, 0) is 0 Å². The normalized spacial score (nSPS) is 6.30. The fourth-order valence-corrected chi connectivity index (χ4v) is 0. The topological polar surface area (TPSA) is 74.6 Å². The molecular formula is C4H7CuO4Zn. The van der Waals surface area contributed by atoms with Crippen LogP contribution in [0, 0.1) is 0 Å². The molecule has 0 saturated carbocycles. The van der Waals surface area contributed by atoms with E-state index in [1.807, 2.05) is 0 Å². The molecule has 0 spiro atoms. The zero-order valence-corrected chi connectivity index (χ0v) is 9.34. The van der Waals surface area contributed by atoms with E-state index < -0.39 is 11.9 Å². The molecule has 0 unspecified atom stereocenters. The quantitative estimate of drug-likeness (QED) is 0.646. The maximum atomic E-state index is 9.40. The van der Waals surface area contributed by atoms with Crippen LogP contribution in [0.3, 0.4) is 0 Å². The van der Waals surface area contributed by atoms with Crippen molar-refractivity contribution >= 4 is 11.9 Å². The van der Waals surface area contributed by atoms with Crippen molar-refractivity contribution in [3.8, 4) is 0 Å². The first-order valence-corrected chi connectivity index (χ1v) is 4.31. The van der Waals surface area contributed by atoms with Crippen LogP contribution >= 0.6 is 0 Å². The van der Waals surface area contributed by atoms with E-state index in [2.05, 4.69) is 0 Å². The second-order valence-corrected chi connectivity index (χ2v) is 2.21. The van der Waals surface area contributed by atoms with Crippen molar-refractivity contribution in [1.29, 1.82) is 0 Å². The van der Waals surface area contributed by atoms with Crippen molar-refractivity contribution in [2.24, 2.45) is 0 Å². The third kappa shape index (κ3) is 93.5. The number of carboxylic acid groups (broad SMARTS) is 2. The Hall–Kier alpha value is 0.0829. The zero-order valence-electron chi connectivity index (χ0n) is 5.43. The van der Waals surface area contributed by atoms with Crippen LogP contribution in [0.15, 0.2) is 0 Å². The molecule has 4 nitrogen and oxygen atoms in total. The Morgan fingerprint density at radius 2 is 1.50 bits per heavy atom. The summed E-state index contributed by atoms with van der Waals surface area (Å²) >= 11 is 0.856. The molecule has 0 aliphatic rings. The third-order valence-corrected chi connectivity index (χ3v) is 1.11. The van der Waals surface area contributed by atoms with E-state index in [1.165, 1.54) is 0 Å². The van der Waals surface area contributed by atoms with Gasteiger partial charge in [0.05, 0.1) is 0 Å². The van der Waals surface area contributed by atoms with Crippen LogP contribution in [0.25, 0.3) is 0 Å². The van der Waals surface area contributed by atoms with Crippen LogP contribution < -0.4 is 0 Å². The predicted molar refractivity (Wildman–Crippen MR) is 25.8 cm³/mol. The summed E-state index contributed by atoms with van der Waals surface area (Å²) in [5, 5.41) is 15.5. The van der Waals surface area contributed by atoms with Gasteiger partial charge in [0.2, 0.25) is 0 Å². The Bertz CT molecular complexity index is 101. The minimum atomic E-state index is -0.833. The molecule has 0 aliphatic carbocycles. The monoisotopic (exact) mass is 246 g/mol. The van der Waals surface area contributed by atoms with Crippen molar-refractivity contribution in [2.45, 2.75) is 11.9 Å². The van der Waals surface area contributed by atoms with Gasteiger partial charge in [-0.1, -0.05) is 0 Å². The first kappa shape index (κ1) is 16.6. The molecule has 0 aromatic rings. The molecule has 60 valence electrons. The summed E-state index contributed by atoms with van der Waals surface area (Å²) in [6.07, 6.45) is 0. The summed E-state index contributed by atoms with van der Waals surface area (Å²) in [5.41, 5.74) is 0. The zero-order chi connectivity index (χ0) is 7.86. The van der Waals surface area contributed by atoms with E-state index in [-0.39, 0.29) is 17.1 Å². The largest absolute Gasteiger partial charge is 0 e. The van der Waals surface area contributed by atoms with Gasteiger partial charge in [0.1, 0.15) is 0 Å². The summed E-state index contributed by atoms with van der Waals surface area (Å²) in [5.74, 6) is -1.52. The summed E-state index contributed by atoms with van der Waals surface area (Å²) in [7, 11) is 0. The molecular weight excluding hydrogens is 241 g/mol. The number of carboxylic acids is 2. The second kappa shape index (κ2) is 11.8. The summed E-state index contributed by atoms with van der Waals surface area (Å²) in [6.45, 7) is 1.08. The standard InChI is InChI=1S/C2H4O2.C2H3O2.Cu.Zn/c2*1-2(3)4;;/h1H3,(H,3,4);1H2,(H,3,4);;. The second-order valence-electron chi connectivity index (χ2n) is 1.16. The Balaban J connectivity index is -0.0000000910. The van der Waals surface area contributed by atoms with Crippen LogP contribution in [-0.2, 0) is 45.0 Å². The Kier molecular flexibility index (Phi) is 19.6. The van der Waals surface area contributed by atoms with E-state index in [0.29, 0.717) is 5.02 Å². The van der Waals surface area contributed by atoms with E-state index >= 15 is 0 Å². The van der Waals surface area contributed by atoms with Crippen LogP contribution in [-0.4, -0.2) is 22.2 Å². The van der Waals surface area contributed by atoms with Crippen LogP contribution in [0.2, 0.25) is 5.02 Å². The van der Waals surface area contributed by atoms with E-state index in [0.717, 1.165) is 25.2 Å². The van der Waals surface area contributed by atoms with Crippen molar-refractivity contribution in [1.82, 2.24) is 0 Å². The van der Waals surface area contributed by atoms with E-state index in [1.54, 1.807) is 0 Å². The van der Waals surface area contributed by atoms with Gasteiger partial charge < -0.3 is 5.11 Å². The molecule has 0 atom stereocenters. The molecule has 0 saturated heterocycles. The number of hydrogen-bond acceptors (Lipinski definition) is 2. The van der Waals surface area contributed by atoms with Crippen LogP contribution in [0.5, 0.6) is 0 Å². The van der Waals surface area contributed by atoms with Gasteiger partial charge >= 0.3 is 39.2 Å².